The summed E-state index contributed by atoms with van der Waals surface area (Å²) in [5.41, 5.74) is 0. The van der Waals surface area contributed by atoms with Gasteiger partial charge in [0.05, 0.1) is 0 Å². The first-order valence-corrected chi connectivity index (χ1v) is 6.54. The summed E-state index contributed by atoms with van der Waals surface area (Å²) in [4.78, 5) is 2.58. The Morgan fingerprint density at radius 1 is 1.27 bits per heavy atom. The molecule has 0 aliphatic carbocycles. The van der Waals surface area contributed by atoms with Crippen molar-refractivity contribution in [3.8, 4) is 0 Å². The molecule has 1 rings (SSSR count). The van der Waals surface area contributed by atoms with Gasteiger partial charge < -0.3 is 5.32 Å². The van der Waals surface area contributed by atoms with E-state index in [1.54, 1.807) is 0 Å². The normalized spacial score (nSPS) is 30.0. The third-order valence-electron chi connectivity index (χ3n) is 3.59. The molecule has 90 valence electrons. The molecule has 1 saturated heterocycles. The van der Waals surface area contributed by atoms with Crippen molar-refractivity contribution < 1.29 is 0 Å². The van der Waals surface area contributed by atoms with Gasteiger partial charge in [0.2, 0.25) is 0 Å². The third kappa shape index (κ3) is 3.76. The fraction of sp³-hybridized carbons (Fsp3) is 1.00. The lowest BCUT2D eigenvalue weighted by molar-refractivity contribution is 0.262. The van der Waals surface area contributed by atoms with E-state index in [0.717, 1.165) is 5.92 Å². The van der Waals surface area contributed by atoms with Gasteiger partial charge in [-0.1, -0.05) is 20.3 Å². The quantitative estimate of drug-likeness (QED) is 0.753. The zero-order valence-electron chi connectivity index (χ0n) is 11.1. The zero-order chi connectivity index (χ0) is 11.4. The first kappa shape index (κ1) is 13.0. The molecule has 15 heavy (non-hydrogen) atoms. The molecule has 3 unspecified atom stereocenters. The first-order valence-electron chi connectivity index (χ1n) is 6.54. The highest BCUT2D eigenvalue weighted by atomic mass is 15.2. The standard InChI is InChI=1S/C13H28N2/c1-6-7-12(5)14-13-9-15(10(2)3)8-11(13)4/h10-14H,6-9H2,1-5H3. The molecule has 1 fully saturated rings. The number of hydrogen-bond acceptors (Lipinski definition) is 2. The van der Waals surface area contributed by atoms with Gasteiger partial charge in [-0.3, -0.25) is 4.90 Å². The molecule has 2 heteroatoms. The highest BCUT2D eigenvalue weighted by Crippen LogP contribution is 2.19. The van der Waals surface area contributed by atoms with Crippen LogP contribution in [0.1, 0.15) is 47.5 Å². The van der Waals surface area contributed by atoms with Gasteiger partial charge in [-0.05, 0) is 33.1 Å². The molecule has 0 spiro atoms. The van der Waals surface area contributed by atoms with Crippen molar-refractivity contribution >= 4 is 0 Å². The Kier molecular flexibility index (Phi) is 5.07. The number of nitrogens with one attached hydrogen (secondary N) is 1. The number of hydrogen-bond donors (Lipinski definition) is 1. The van der Waals surface area contributed by atoms with E-state index >= 15 is 0 Å². The SMILES string of the molecule is CCCC(C)NC1CN(C(C)C)CC1C. The van der Waals surface area contributed by atoms with Crippen LogP contribution in [0, 0.1) is 5.92 Å². The topological polar surface area (TPSA) is 15.3 Å². The van der Waals surface area contributed by atoms with Crippen molar-refractivity contribution in [1.29, 1.82) is 0 Å². The van der Waals surface area contributed by atoms with Crippen molar-refractivity contribution in [3.05, 3.63) is 0 Å². The molecular formula is C13H28N2. The molecule has 0 saturated carbocycles. The molecule has 0 aromatic heterocycles. The summed E-state index contributed by atoms with van der Waals surface area (Å²) in [7, 11) is 0. The number of likely N-dealkylation sites (tertiary alicyclic amines) is 1. The Morgan fingerprint density at radius 3 is 2.40 bits per heavy atom. The maximum atomic E-state index is 3.77. The molecule has 1 aliphatic heterocycles. The van der Waals surface area contributed by atoms with Gasteiger partial charge in [-0.25, -0.2) is 0 Å². The lowest BCUT2D eigenvalue weighted by Gasteiger charge is -2.23. The molecule has 0 amide bonds. The lowest BCUT2D eigenvalue weighted by atomic mass is 10.0. The predicted molar refractivity (Wildman–Crippen MR) is 67.2 cm³/mol. The van der Waals surface area contributed by atoms with Crippen LogP contribution < -0.4 is 5.32 Å². The summed E-state index contributed by atoms with van der Waals surface area (Å²) in [5.74, 6) is 0.798. The Hall–Kier alpha value is -0.0800. The Morgan fingerprint density at radius 2 is 1.93 bits per heavy atom. The Balaban J connectivity index is 2.36. The zero-order valence-corrected chi connectivity index (χ0v) is 11.1. The van der Waals surface area contributed by atoms with Crippen LogP contribution >= 0.6 is 0 Å². The van der Waals surface area contributed by atoms with Crippen LogP contribution in [0.4, 0.5) is 0 Å². The summed E-state index contributed by atoms with van der Waals surface area (Å²) in [6.45, 7) is 14.0. The molecule has 1 N–H and O–H groups in total. The van der Waals surface area contributed by atoms with E-state index in [4.69, 9.17) is 0 Å². The molecule has 3 atom stereocenters. The molecule has 0 aromatic carbocycles. The summed E-state index contributed by atoms with van der Waals surface area (Å²) in [5, 5.41) is 3.77. The van der Waals surface area contributed by atoms with E-state index in [1.165, 1.54) is 25.9 Å². The summed E-state index contributed by atoms with van der Waals surface area (Å²) < 4.78 is 0. The van der Waals surface area contributed by atoms with Gasteiger partial charge in [0.1, 0.15) is 0 Å². The highest BCUT2D eigenvalue weighted by molar-refractivity contribution is 4.89. The van der Waals surface area contributed by atoms with E-state index < -0.39 is 0 Å². The molecule has 0 aromatic rings. The minimum Gasteiger partial charge on any atom is -0.310 e. The fourth-order valence-electron chi connectivity index (χ4n) is 2.52. The number of rotatable bonds is 5. The van der Waals surface area contributed by atoms with Crippen LogP contribution in [-0.4, -0.2) is 36.1 Å². The van der Waals surface area contributed by atoms with Crippen molar-refractivity contribution in [3.63, 3.8) is 0 Å². The van der Waals surface area contributed by atoms with E-state index in [2.05, 4.69) is 44.8 Å². The summed E-state index contributed by atoms with van der Waals surface area (Å²) in [6, 6.07) is 2.07. The third-order valence-corrected chi connectivity index (χ3v) is 3.59. The first-order chi connectivity index (χ1) is 7.04. The molecular weight excluding hydrogens is 184 g/mol. The highest BCUT2D eigenvalue weighted by Gasteiger charge is 2.30. The summed E-state index contributed by atoms with van der Waals surface area (Å²) in [6.07, 6.45) is 2.58. The van der Waals surface area contributed by atoms with Crippen molar-refractivity contribution in [2.75, 3.05) is 13.1 Å². The second kappa shape index (κ2) is 5.86. The van der Waals surface area contributed by atoms with Gasteiger partial charge >= 0.3 is 0 Å². The average molecular weight is 212 g/mol. The lowest BCUT2D eigenvalue weighted by Crippen LogP contribution is -2.41. The minimum atomic E-state index is 0.676. The number of nitrogens with zero attached hydrogens (tertiary/aromatic N) is 1. The van der Waals surface area contributed by atoms with Crippen molar-refractivity contribution in [1.82, 2.24) is 10.2 Å². The molecule has 0 radical (unpaired) electrons. The Bertz CT molecular complexity index is 179. The fourth-order valence-corrected chi connectivity index (χ4v) is 2.52. The van der Waals surface area contributed by atoms with Crippen LogP contribution in [0.5, 0.6) is 0 Å². The van der Waals surface area contributed by atoms with E-state index in [0.29, 0.717) is 18.1 Å². The second-order valence-corrected chi connectivity index (χ2v) is 5.49. The molecule has 0 bridgehead atoms. The van der Waals surface area contributed by atoms with E-state index in [-0.39, 0.29) is 0 Å². The van der Waals surface area contributed by atoms with Crippen molar-refractivity contribution in [2.45, 2.75) is 65.6 Å². The molecule has 1 aliphatic rings. The van der Waals surface area contributed by atoms with Gasteiger partial charge in [-0.15, -0.1) is 0 Å². The van der Waals surface area contributed by atoms with Gasteiger partial charge in [0.25, 0.3) is 0 Å². The van der Waals surface area contributed by atoms with Gasteiger partial charge in [-0.2, -0.15) is 0 Å². The molecule has 1 heterocycles. The van der Waals surface area contributed by atoms with E-state index in [9.17, 15) is 0 Å². The smallest absolute Gasteiger partial charge is 0.0235 e. The van der Waals surface area contributed by atoms with Crippen LogP contribution in [-0.2, 0) is 0 Å². The van der Waals surface area contributed by atoms with Gasteiger partial charge in [0, 0.05) is 31.2 Å². The van der Waals surface area contributed by atoms with Crippen LogP contribution in [0.3, 0.4) is 0 Å². The molecule has 2 nitrogen and oxygen atoms in total. The maximum absolute atomic E-state index is 3.77. The van der Waals surface area contributed by atoms with Crippen LogP contribution in [0.2, 0.25) is 0 Å². The maximum Gasteiger partial charge on any atom is 0.0235 e. The monoisotopic (exact) mass is 212 g/mol. The Labute approximate surface area is 95.4 Å². The predicted octanol–water partition coefficient (Wildman–Crippen LogP) is 2.49. The van der Waals surface area contributed by atoms with Crippen molar-refractivity contribution in [2.24, 2.45) is 5.92 Å². The van der Waals surface area contributed by atoms with Crippen LogP contribution in [0.15, 0.2) is 0 Å². The van der Waals surface area contributed by atoms with Crippen LogP contribution in [0.25, 0.3) is 0 Å². The second-order valence-electron chi connectivity index (χ2n) is 5.49. The average Bonchev–Trinajstić information content (AvgIpc) is 2.48. The van der Waals surface area contributed by atoms with E-state index in [1.807, 2.05) is 0 Å². The largest absolute Gasteiger partial charge is 0.310 e. The van der Waals surface area contributed by atoms with Gasteiger partial charge in [0.15, 0.2) is 0 Å². The summed E-state index contributed by atoms with van der Waals surface area (Å²) >= 11 is 0. The minimum absolute atomic E-state index is 0.676.